The predicted octanol–water partition coefficient (Wildman–Crippen LogP) is 9.16. The van der Waals surface area contributed by atoms with Crippen LogP contribution in [0.4, 0.5) is 0 Å². The van der Waals surface area contributed by atoms with Crippen LogP contribution in [0.15, 0.2) is 103 Å². The zero-order chi connectivity index (χ0) is 22.4. The van der Waals surface area contributed by atoms with Crippen molar-refractivity contribution in [1.29, 1.82) is 0 Å². The molecule has 0 N–H and O–H groups in total. The van der Waals surface area contributed by atoms with Crippen molar-refractivity contribution in [3.63, 3.8) is 0 Å². The van der Waals surface area contributed by atoms with E-state index in [4.69, 9.17) is 4.74 Å². The van der Waals surface area contributed by atoms with E-state index in [9.17, 15) is 0 Å². The van der Waals surface area contributed by atoms with Crippen molar-refractivity contribution >= 4 is 64.6 Å². The number of ether oxygens (including phenoxy) is 1. The van der Waals surface area contributed by atoms with Crippen LogP contribution in [0.1, 0.15) is 0 Å². The van der Waals surface area contributed by atoms with Gasteiger partial charge in [0, 0.05) is 0 Å². The molecule has 158 valence electrons. The number of hydrogen-bond acceptors (Lipinski definition) is 1. The number of methoxy groups -OCH3 is 1. The highest BCUT2D eigenvalue weighted by Crippen LogP contribution is 2.50. The first-order valence-corrected chi connectivity index (χ1v) is 11.7. The Labute approximate surface area is 196 Å². The fraction of sp³-hybridized carbons (Fsp3) is 0.0303. The van der Waals surface area contributed by atoms with Crippen LogP contribution in [0.3, 0.4) is 0 Å². The molecule has 0 aliphatic carbocycles. The minimum atomic E-state index is 0.878. The van der Waals surface area contributed by atoms with E-state index in [0.29, 0.717) is 0 Å². The van der Waals surface area contributed by atoms with Crippen molar-refractivity contribution in [2.75, 3.05) is 7.11 Å². The maximum Gasteiger partial charge on any atom is 0.118 e. The third-order valence-corrected chi connectivity index (χ3v) is 7.63. The highest BCUT2D eigenvalue weighted by molar-refractivity contribution is 6.42. The minimum Gasteiger partial charge on any atom is -0.497 e. The maximum absolute atomic E-state index is 5.48. The van der Waals surface area contributed by atoms with Crippen LogP contribution in [-0.2, 0) is 0 Å². The third kappa shape index (κ3) is 2.14. The van der Waals surface area contributed by atoms with E-state index < -0.39 is 0 Å². The lowest BCUT2D eigenvalue weighted by molar-refractivity contribution is 0.415. The first-order chi connectivity index (χ1) is 16.8. The fourth-order valence-corrected chi connectivity index (χ4v) is 6.26. The summed E-state index contributed by atoms with van der Waals surface area (Å²) in [6, 6.07) is 37.8. The lowest BCUT2D eigenvalue weighted by Crippen LogP contribution is -1.85. The van der Waals surface area contributed by atoms with Crippen LogP contribution in [0.25, 0.3) is 75.8 Å². The molecule has 0 bridgehead atoms. The summed E-state index contributed by atoms with van der Waals surface area (Å²) < 4.78 is 5.48. The molecule has 0 aromatic heterocycles. The molecule has 34 heavy (non-hydrogen) atoms. The molecule has 0 aliphatic heterocycles. The van der Waals surface area contributed by atoms with Crippen molar-refractivity contribution in [3.8, 4) is 16.9 Å². The topological polar surface area (TPSA) is 9.23 Å². The second kappa shape index (κ2) is 6.36. The van der Waals surface area contributed by atoms with Crippen molar-refractivity contribution in [1.82, 2.24) is 0 Å². The van der Waals surface area contributed by atoms with Crippen molar-refractivity contribution in [2.24, 2.45) is 0 Å². The highest BCUT2D eigenvalue weighted by atomic mass is 16.5. The highest BCUT2D eigenvalue weighted by Gasteiger charge is 2.22. The summed E-state index contributed by atoms with van der Waals surface area (Å²) >= 11 is 0. The average Bonchev–Trinajstić information content (AvgIpc) is 3.39. The van der Waals surface area contributed by atoms with Gasteiger partial charge in [-0.3, -0.25) is 0 Å². The molecule has 0 amide bonds. The molecule has 0 saturated carbocycles. The largest absolute Gasteiger partial charge is 0.497 e. The Morgan fingerprint density at radius 2 is 0.912 bits per heavy atom. The van der Waals surface area contributed by atoms with Gasteiger partial charge < -0.3 is 4.74 Å². The number of rotatable bonds is 2. The van der Waals surface area contributed by atoms with Crippen molar-refractivity contribution in [2.45, 2.75) is 0 Å². The Balaban J connectivity index is 1.72. The van der Waals surface area contributed by atoms with Gasteiger partial charge in [-0.1, -0.05) is 84.9 Å². The standard InChI is InChI=1S/C33H20O/c1-34-22-16-14-21(15-17-22)31-32-25-12-4-8-19-6-2-10-23(29(19)25)27(32)18-28-24-11-3-7-20-9-5-13-26(30(20)24)33(28)31/h2-18H,1H3. The Morgan fingerprint density at radius 1 is 0.441 bits per heavy atom. The summed E-state index contributed by atoms with van der Waals surface area (Å²) in [5.41, 5.74) is 2.55. The second-order valence-corrected chi connectivity index (χ2v) is 9.24. The Hall–Kier alpha value is -4.36. The smallest absolute Gasteiger partial charge is 0.118 e. The maximum atomic E-state index is 5.48. The first kappa shape index (κ1) is 18.1. The number of fused-ring (bicyclic) bond motifs is 6. The molecule has 8 aromatic rings. The summed E-state index contributed by atoms with van der Waals surface area (Å²) in [4.78, 5) is 0. The summed E-state index contributed by atoms with van der Waals surface area (Å²) in [5.74, 6) is 0.878. The molecule has 1 nitrogen and oxygen atoms in total. The molecule has 0 atom stereocenters. The van der Waals surface area contributed by atoms with Crippen LogP contribution in [-0.4, -0.2) is 7.11 Å². The second-order valence-electron chi connectivity index (χ2n) is 9.24. The molecule has 0 saturated heterocycles. The van der Waals surface area contributed by atoms with Gasteiger partial charge in [0.25, 0.3) is 0 Å². The Kier molecular flexibility index (Phi) is 3.39. The molecular formula is C33H20O. The quantitative estimate of drug-likeness (QED) is 0.265. The molecule has 8 aromatic carbocycles. The minimum absolute atomic E-state index is 0.878. The van der Waals surface area contributed by atoms with Crippen LogP contribution in [0, 0.1) is 0 Å². The van der Waals surface area contributed by atoms with Crippen LogP contribution >= 0.6 is 0 Å². The number of benzene rings is 6. The molecule has 1 heteroatoms. The van der Waals surface area contributed by atoms with Gasteiger partial charge in [-0.05, 0) is 94.0 Å². The Morgan fingerprint density at radius 3 is 1.38 bits per heavy atom. The predicted molar refractivity (Wildman–Crippen MR) is 146 cm³/mol. The summed E-state index contributed by atoms with van der Waals surface area (Å²) in [6.45, 7) is 0. The van der Waals surface area contributed by atoms with E-state index in [1.165, 1.54) is 75.8 Å². The van der Waals surface area contributed by atoms with Gasteiger partial charge in [0.1, 0.15) is 5.75 Å². The molecule has 8 rings (SSSR count). The van der Waals surface area contributed by atoms with E-state index in [0.717, 1.165) is 5.75 Å². The van der Waals surface area contributed by atoms with Gasteiger partial charge in [-0.2, -0.15) is 0 Å². The van der Waals surface area contributed by atoms with Gasteiger partial charge in [0.15, 0.2) is 0 Å². The summed E-state index contributed by atoms with van der Waals surface area (Å²) in [5, 5.41) is 16.0. The van der Waals surface area contributed by atoms with E-state index >= 15 is 0 Å². The van der Waals surface area contributed by atoms with Gasteiger partial charge >= 0.3 is 0 Å². The van der Waals surface area contributed by atoms with E-state index in [2.05, 4.69) is 103 Å². The number of hydrogen-bond donors (Lipinski definition) is 0. The fourth-order valence-electron chi connectivity index (χ4n) is 6.26. The normalized spacial score (nSPS) is 12.3. The average molecular weight is 433 g/mol. The van der Waals surface area contributed by atoms with Gasteiger partial charge in [0.2, 0.25) is 0 Å². The first-order valence-electron chi connectivity index (χ1n) is 11.7. The van der Waals surface area contributed by atoms with Gasteiger partial charge in [0.05, 0.1) is 7.11 Å². The molecule has 0 aliphatic rings. The molecule has 0 spiro atoms. The van der Waals surface area contributed by atoms with Crippen molar-refractivity contribution < 1.29 is 4.74 Å². The summed E-state index contributed by atoms with van der Waals surface area (Å²) in [7, 11) is 1.72. The SMILES string of the molecule is COc1ccc(-c2c3c(cc4c5cccc6cccc(c24)c65)c2cccc4cccc3c42)cc1. The van der Waals surface area contributed by atoms with Crippen LogP contribution < -0.4 is 4.74 Å². The third-order valence-electron chi connectivity index (χ3n) is 7.63. The van der Waals surface area contributed by atoms with E-state index in [-0.39, 0.29) is 0 Å². The zero-order valence-corrected chi connectivity index (χ0v) is 18.7. The van der Waals surface area contributed by atoms with Gasteiger partial charge in [-0.15, -0.1) is 0 Å². The molecule has 0 unspecified atom stereocenters. The van der Waals surface area contributed by atoms with E-state index in [1.54, 1.807) is 7.11 Å². The molecule has 0 radical (unpaired) electrons. The molecular weight excluding hydrogens is 412 g/mol. The lowest BCUT2D eigenvalue weighted by atomic mass is 9.93. The summed E-state index contributed by atoms with van der Waals surface area (Å²) in [6.07, 6.45) is 0. The van der Waals surface area contributed by atoms with Gasteiger partial charge in [-0.25, -0.2) is 0 Å². The monoisotopic (exact) mass is 432 g/mol. The van der Waals surface area contributed by atoms with Crippen LogP contribution in [0.5, 0.6) is 5.75 Å². The molecule has 0 heterocycles. The van der Waals surface area contributed by atoms with E-state index in [1.807, 2.05) is 0 Å². The molecule has 0 fully saturated rings. The van der Waals surface area contributed by atoms with Crippen molar-refractivity contribution in [3.05, 3.63) is 103 Å². The zero-order valence-electron chi connectivity index (χ0n) is 18.7. The lowest BCUT2D eigenvalue weighted by Gasteiger charge is -2.11. The Bertz CT molecular complexity index is 1900. The van der Waals surface area contributed by atoms with Crippen LogP contribution in [0.2, 0.25) is 0 Å².